The molecule has 1 aromatic rings. The van der Waals surface area contributed by atoms with Crippen LogP contribution >= 0.6 is 0 Å². The summed E-state index contributed by atoms with van der Waals surface area (Å²) in [5, 5.41) is 0. The van der Waals surface area contributed by atoms with Gasteiger partial charge in [0.05, 0.1) is 5.92 Å². The van der Waals surface area contributed by atoms with Crippen LogP contribution in [0.1, 0.15) is 59.1 Å². The van der Waals surface area contributed by atoms with E-state index in [4.69, 9.17) is 4.74 Å². The predicted molar refractivity (Wildman–Crippen MR) is 94.1 cm³/mol. The van der Waals surface area contributed by atoms with Gasteiger partial charge in [0.1, 0.15) is 5.60 Å². The highest BCUT2D eigenvalue weighted by atomic mass is 16.6. The summed E-state index contributed by atoms with van der Waals surface area (Å²) in [4.78, 5) is 15.0. The van der Waals surface area contributed by atoms with E-state index in [1.165, 1.54) is 5.56 Å². The van der Waals surface area contributed by atoms with E-state index in [0.717, 1.165) is 12.8 Å². The van der Waals surface area contributed by atoms with Crippen molar-refractivity contribution in [2.24, 2.45) is 11.8 Å². The van der Waals surface area contributed by atoms with Crippen LogP contribution in [0.25, 0.3) is 0 Å². The molecule has 1 fully saturated rings. The zero-order valence-electron chi connectivity index (χ0n) is 15.4. The topological polar surface area (TPSA) is 29.5 Å². The van der Waals surface area contributed by atoms with Gasteiger partial charge >= 0.3 is 5.97 Å². The number of esters is 1. The lowest BCUT2D eigenvalue weighted by Gasteiger charge is -2.37. The minimum Gasteiger partial charge on any atom is -0.460 e. The number of carbonyl (C=O) groups is 1. The van der Waals surface area contributed by atoms with Crippen molar-refractivity contribution < 1.29 is 9.53 Å². The molecule has 0 amide bonds. The van der Waals surface area contributed by atoms with E-state index in [9.17, 15) is 4.79 Å². The van der Waals surface area contributed by atoms with Gasteiger partial charge in [0.2, 0.25) is 0 Å². The molecular formula is C20H31NO2. The smallest absolute Gasteiger partial charge is 0.311 e. The lowest BCUT2D eigenvalue weighted by atomic mass is 9.94. The monoisotopic (exact) mass is 317 g/mol. The van der Waals surface area contributed by atoms with Crippen LogP contribution in [0.4, 0.5) is 0 Å². The Labute approximate surface area is 141 Å². The molecule has 1 aliphatic carbocycles. The van der Waals surface area contributed by atoms with Crippen molar-refractivity contribution >= 4 is 5.97 Å². The van der Waals surface area contributed by atoms with Crippen LogP contribution in [-0.4, -0.2) is 29.6 Å². The number of carbonyl (C=O) groups excluding carboxylic acids is 1. The maximum absolute atomic E-state index is 12.6. The van der Waals surface area contributed by atoms with Crippen molar-refractivity contribution in [3.63, 3.8) is 0 Å². The first-order valence-corrected chi connectivity index (χ1v) is 8.70. The van der Waals surface area contributed by atoms with Crippen LogP contribution < -0.4 is 0 Å². The third-order valence-electron chi connectivity index (χ3n) is 5.00. The number of ether oxygens (including phenoxy) is 1. The Morgan fingerprint density at radius 3 is 2.39 bits per heavy atom. The van der Waals surface area contributed by atoms with Gasteiger partial charge < -0.3 is 4.74 Å². The molecule has 0 unspecified atom stereocenters. The maximum Gasteiger partial charge on any atom is 0.311 e. The van der Waals surface area contributed by atoms with Crippen molar-refractivity contribution in [1.82, 2.24) is 4.90 Å². The van der Waals surface area contributed by atoms with Gasteiger partial charge in [-0.2, -0.15) is 0 Å². The van der Waals surface area contributed by atoms with Crippen molar-refractivity contribution in [1.29, 1.82) is 0 Å². The summed E-state index contributed by atoms with van der Waals surface area (Å²) in [7, 11) is 2.14. The summed E-state index contributed by atoms with van der Waals surface area (Å²) in [6.07, 6.45) is 2.01. The van der Waals surface area contributed by atoms with Crippen molar-refractivity contribution in [2.45, 2.75) is 65.1 Å². The Kier molecular flexibility index (Phi) is 5.51. The molecule has 0 radical (unpaired) electrons. The van der Waals surface area contributed by atoms with E-state index >= 15 is 0 Å². The van der Waals surface area contributed by atoms with Gasteiger partial charge in [-0.25, -0.2) is 0 Å². The number of hydrogen-bond acceptors (Lipinski definition) is 3. The van der Waals surface area contributed by atoms with Crippen molar-refractivity contribution in [3.05, 3.63) is 35.9 Å². The molecule has 3 nitrogen and oxygen atoms in total. The number of nitrogens with zero attached hydrogens (tertiary/aromatic N) is 1. The van der Waals surface area contributed by atoms with E-state index < -0.39 is 5.60 Å². The summed E-state index contributed by atoms with van der Waals surface area (Å²) < 4.78 is 5.67. The van der Waals surface area contributed by atoms with Crippen LogP contribution in [0.2, 0.25) is 0 Å². The summed E-state index contributed by atoms with van der Waals surface area (Å²) >= 11 is 0. The molecule has 3 heteroatoms. The molecule has 0 heterocycles. The van der Waals surface area contributed by atoms with E-state index in [2.05, 4.69) is 50.1 Å². The van der Waals surface area contributed by atoms with Crippen molar-refractivity contribution in [3.8, 4) is 0 Å². The molecule has 1 aromatic carbocycles. The second-order valence-corrected chi connectivity index (χ2v) is 7.94. The Morgan fingerprint density at radius 1 is 1.22 bits per heavy atom. The lowest BCUT2D eigenvalue weighted by molar-refractivity contribution is -0.162. The zero-order valence-corrected chi connectivity index (χ0v) is 15.4. The fraction of sp³-hybridized carbons (Fsp3) is 0.650. The second-order valence-electron chi connectivity index (χ2n) is 7.94. The second kappa shape index (κ2) is 7.04. The average molecular weight is 317 g/mol. The first-order valence-electron chi connectivity index (χ1n) is 8.70. The quantitative estimate of drug-likeness (QED) is 0.769. The molecule has 0 spiro atoms. The summed E-state index contributed by atoms with van der Waals surface area (Å²) in [6, 6.07) is 11.0. The largest absolute Gasteiger partial charge is 0.460 e. The molecular weight excluding hydrogens is 286 g/mol. The number of hydrogen-bond donors (Lipinski definition) is 0. The normalized spacial score (nSPS) is 26.3. The molecule has 0 aromatic heterocycles. The third-order valence-corrected chi connectivity index (χ3v) is 5.00. The van der Waals surface area contributed by atoms with Crippen LogP contribution in [0.5, 0.6) is 0 Å². The lowest BCUT2D eigenvalue weighted by Crippen LogP contribution is -2.44. The first-order chi connectivity index (χ1) is 10.7. The molecule has 0 saturated heterocycles. The summed E-state index contributed by atoms with van der Waals surface area (Å²) in [5.74, 6) is 0.433. The Hall–Kier alpha value is -1.35. The van der Waals surface area contributed by atoms with Gasteiger partial charge in [0.25, 0.3) is 0 Å². The fourth-order valence-corrected chi connectivity index (χ4v) is 3.73. The van der Waals surface area contributed by atoms with Gasteiger partial charge in [-0.3, -0.25) is 9.69 Å². The van der Waals surface area contributed by atoms with Gasteiger partial charge in [0.15, 0.2) is 0 Å². The minimum atomic E-state index is -0.420. The van der Waals surface area contributed by atoms with Crippen LogP contribution in [-0.2, 0) is 9.53 Å². The maximum atomic E-state index is 12.6. The molecule has 0 aliphatic heterocycles. The molecule has 128 valence electrons. The molecule has 1 saturated carbocycles. The van der Waals surface area contributed by atoms with Gasteiger partial charge in [-0.05, 0) is 59.1 Å². The van der Waals surface area contributed by atoms with Gasteiger partial charge in [-0.1, -0.05) is 37.3 Å². The Bertz CT molecular complexity index is 520. The molecule has 0 bridgehead atoms. The van der Waals surface area contributed by atoms with Crippen LogP contribution in [0, 0.1) is 11.8 Å². The van der Waals surface area contributed by atoms with E-state index in [1.807, 2.05) is 26.8 Å². The highest BCUT2D eigenvalue weighted by Crippen LogP contribution is 2.39. The van der Waals surface area contributed by atoms with Gasteiger partial charge in [-0.15, -0.1) is 0 Å². The molecule has 2 rings (SSSR count). The fourth-order valence-electron chi connectivity index (χ4n) is 3.73. The van der Waals surface area contributed by atoms with Crippen molar-refractivity contribution in [2.75, 3.05) is 7.05 Å². The standard InChI is InChI=1S/C20H31NO2/c1-14-12-13-17(19(22)23-20(3,4)5)18(14)21(6)15(2)16-10-8-7-9-11-16/h7-11,14-15,17-18H,12-13H2,1-6H3/t14-,15+,17+,18+/m1/s1. The zero-order chi connectivity index (χ0) is 17.2. The Morgan fingerprint density at radius 2 is 1.83 bits per heavy atom. The van der Waals surface area contributed by atoms with E-state index in [-0.39, 0.29) is 24.0 Å². The van der Waals surface area contributed by atoms with Crippen LogP contribution in [0.15, 0.2) is 30.3 Å². The SMILES string of the molecule is C[C@@H]1CC[C@H](C(=O)OC(C)(C)C)[C@H]1N(C)[C@@H](C)c1ccccc1. The molecule has 4 atom stereocenters. The predicted octanol–water partition coefficient (Wildman–Crippen LogP) is 4.44. The molecule has 0 N–H and O–H groups in total. The first kappa shape index (κ1) is 18.0. The van der Waals surface area contributed by atoms with E-state index in [1.54, 1.807) is 0 Å². The van der Waals surface area contributed by atoms with Gasteiger partial charge in [0, 0.05) is 12.1 Å². The highest BCUT2D eigenvalue weighted by molar-refractivity contribution is 5.74. The van der Waals surface area contributed by atoms with E-state index in [0.29, 0.717) is 5.92 Å². The van der Waals surface area contributed by atoms with Crippen LogP contribution in [0.3, 0.4) is 0 Å². The summed E-state index contributed by atoms with van der Waals surface area (Å²) in [5.41, 5.74) is 0.869. The highest BCUT2D eigenvalue weighted by Gasteiger charge is 2.43. The summed E-state index contributed by atoms with van der Waals surface area (Å²) in [6.45, 7) is 10.3. The molecule has 1 aliphatic rings. The number of rotatable bonds is 4. The third kappa shape index (κ3) is 4.35. The Balaban J connectivity index is 2.15. The average Bonchev–Trinajstić information content (AvgIpc) is 2.87. The minimum absolute atomic E-state index is 0.0274. The number of benzene rings is 1. The molecule has 23 heavy (non-hydrogen) atoms.